The van der Waals surface area contributed by atoms with Gasteiger partial charge in [0.05, 0.1) is 5.69 Å². The van der Waals surface area contributed by atoms with E-state index in [1.54, 1.807) is 11.1 Å². The maximum Gasteiger partial charge on any atom is 0.256 e. The third kappa shape index (κ3) is 3.78. The third-order valence-corrected chi connectivity index (χ3v) is 19.2. The molecule has 0 aromatic heterocycles. The van der Waals surface area contributed by atoms with Crippen molar-refractivity contribution in [2.45, 2.75) is 75.5 Å². The Morgan fingerprint density at radius 1 is 0.576 bits per heavy atom. The Morgan fingerprint density at radius 3 is 1.92 bits per heavy atom. The van der Waals surface area contributed by atoms with Gasteiger partial charge in [-0.2, -0.15) is 0 Å². The van der Waals surface area contributed by atoms with Crippen LogP contribution in [0.5, 0.6) is 11.5 Å². The van der Waals surface area contributed by atoms with Crippen LogP contribution in [0.3, 0.4) is 0 Å². The maximum absolute atomic E-state index is 7.04. The predicted molar refractivity (Wildman–Crippen MR) is 240 cm³/mol. The van der Waals surface area contributed by atoms with Crippen LogP contribution in [0.15, 0.2) is 140 Å². The highest BCUT2D eigenvalue weighted by molar-refractivity contribution is 6.99. The van der Waals surface area contributed by atoms with E-state index in [0.717, 1.165) is 52.5 Å². The molecule has 0 radical (unpaired) electrons. The number of benzene rings is 6. The van der Waals surface area contributed by atoms with Crippen molar-refractivity contribution in [1.29, 1.82) is 0 Å². The quantitative estimate of drug-likeness (QED) is 0.157. The summed E-state index contributed by atoms with van der Waals surface area (Å²) >= 11 is 0. The van der Waals surface area contributed by atoms with Crippen LogP contribution in [-0.4, -0.2) is 6.71 Å². The lowest BCUT2D eigenvalue weighted by Crippen LogP contribution is -2.62. The lowest BCUT2D eigenvalue weighted by molar-refractivity contribution is -0.191. The normalized spacial score (nSPS) is 34.8. The molecule has 12 aliphatic rings. The average molecular weight is 765 g/mol. The standard InChI is InChI=1S/C55H49BN2O/c1-52-39-30-54(31-40(52)33-55(52,54)32-39)38-17-21-43(22-18-38)57(42-19-15-37(16-20-42)53-27-34-23-35(28-53)36(24-34)29-53)44-25-48-51-50(26-44)59-49-14-8-6-12-46(49)56(51)45-11-5-7-13-47(45)58(48)41-9-3-2-4-10-41/h2-22,25-26,34-36,39-40H,23-24,27-33H2,1H3. The summed E-state index contributed by atoms with van der Waals surface area (Å²) in [6, 6.07) is 53.3. The number of hydrogen-bond donors (Lipinski definition) is 0. The molecule has 0 N–H and O–H groups in total. The molecule has 2 aliphatic heterocycles. The first-order valence-electron chi connectivity index (χ1n) is 22.9. The van der Waals surface area contributed by atoms with Gasteiger partial charge < -0.3 is 14.5 Å². The highest BCUT2D eigenvalue weighted by Gasteiger charge is 2.90. The third-order valence-electron chi connectivity index (χ3n) is 19.2. The van der Waals surface area contributed by atoms with Gasteiger partial charge in [-0.15, -0.1) is 0 Å². The largest absolute Gasteiger partial charge is 0.458 e. The van der Waals surface area contributed by atoms with Crippen molar-refractivity contribution < 1.29 is 4.74 Å². The molecule has 1 spiro atoms. The number of hydrogen-bond acceptors (Lipinski definition) is 3. The number of para-hydroxylation sites is 3. The van der Waals surface area contributed by atoms with Crippen molar-refractivity contribution in [3.8, 4) is 11.5 Å². The molecule has 6 aromatic carbocycles. The molecule has 4 unspecified atom stereocenters. The molecule has 288 valence electrons. The molecular formula is C55H49BN2O. The van der Waals surface area contributed by atoms with Crippen LogP contribution in [0.4, 0.5) is 34.1 Å². The Bertz CT molecular complexity index is 2740. The first kappa shape index (κ1) is 32.6. The summed E-state index contributed by atoms with van der Waals surface area (Å²) in [6.07, 6.45) is 12.9. The fraction of sp³-hybridized carbons (Fsp3) is 0.345. The van der Waals surface area contributed by atoms with E-state index in [9.17, 15) is 0 Å². The zero-order valence-electron chi connectivity index (χ0n) is 33.9. The Labute approximate surface area is 348 Å². The Kier molecular flexibility index (Phi) is 5.94. The molecule has 18 rings (SSSR count). The first-order chi connectivity index (χ1) is 29.0. The highest BCUT2D eigenvalue weighted by Crippen LogP contribution is 2.95. The van der Waals surface area contributed by atoms with Gasteiger partial charge in [-0.3, -0.25) is 0 Å². The number of rotatable bonds is 6. The molecule has 6 aromatic rings. The highest BCUT2D eigenvalue weighted by atomic mass is 16.5. The van der Waals surface area contributed by atoms with Crippen LogP contribution in [0.25, 0.3) is 0 Å². The number of fused-ring (bicyclic) bond motifs is 4. The minimum absolute atomic E-state index is 0.0815. The summed E-state index contributed by atoms with van der Waals surface area (Å²) in [5, 5.41) is 0. The molecule has 9 bridgehead atoms. The van der Waals surface area contributed by atoms with Crippen LogP contribution >= 0.6 is 0 Å². The molecule has 2 heterocycles. The minimum Gasteiger partial charge on any atom is -0.458 e. The molecule has 10 saturated carbocycles. The molecule has 59 heavy (non-hydrogen) atoms. The van der Waals surface area contributed by atoms with Gasteiger partial charge in [-0.25, -0.2) is 0 Å². The number of nitrogens with zero attached hydrogens (tertiary/aromatic N) is 2. The van der Waals surface area contributed by atoms with Crippen molar-refractivity contribution in [3.05, 3.63) is 151 Å². The summed E-state index contributed by atoms with van der Waals surface area (Å²) < 4.78 is 7.04. The SMILES string of the molecule is CC12C3CC4(c5ccc(N(c6ccc(C78CC9CC(C7)C(C9)C8)cc6)c6cc7c8c(c6)N(c6ccccc6)c6ccccc6B8c6ccccc6O7)cc5)CC1CC42C3. The molecular weight excluding hydrogens is 715 g/mol. The van der Waals surface area contributed by atoms with Crippen LogP contribution in [0.2, 0.25) is 0 Å². The summed E-state index contributed by atoms with van der Waals surface area (Å²) in [4.78, 5) is 5.01. The molecule has 4 heteroatoms. The van der Waals surface area contributed by atoms with Gasteiger partial charge in [0.2, 0.25) is 0 Å². The average Bonchev–Trinajstić information content (AvgIpc) is 4.03. The number of anilines is 6. The van der Waals surface area contributed by atoms with Gasteiger partial charge in [-0.05, 0) is 186 Å². The van der Waals surface area contributed by atoms with Gasteiger partial charge in [0.15, 0.2) is 0 Å². The molecule has 0 saturated heterocycles. The molecule has 3 nitrogen and oxygen atoms in total. The monoisotopic (exact) mass is 764 g/mol. The second-order valence-corrected chi connectivity index (χ2v) is 21.0. The van der Waals surface area contributed by atoms with Crippen molar-refractivity contribution in [3.63, 3.8) is 0 Å². The summed E-state index contributed by atoms with van der Waals surface area (Å²) in [6.45, 7) is 2.73. The van der Waals surface area contributed by atoms with E-state index in [1.165, 1.54) is 96.9 Å². The van der Waals surface area contributed by atoms with Gasteiger partial charge in [0, 0.05) is 39.9 Å². The van der Waals surface area contributed by atoms with Crippen LogP contribution in [-0.2, 0) is 10.8 Å². The van der Waals surface area contributed by atoms with E-state index in [1.807, 2.05) is 0 Å². The van der Waals surface area contributed by atoms with E-state index in [2.05, 4.69) is 156 Å². The van der Waals surface area contributed by atoms with Gasteiger partial charge >= 0.3 is 0 Å². The minimum atomic E-state index is 0.0815. The summed E-state index contributed by atoms with van der Waals surface area (Å²) in [7, 11) is 0. The molecule has 4 atom stereocenters. The topological polar surface area (TPSA) is 15.7 Å². The van der Waals surface area contributed by atoms with E-state index in [-0.39, 0.29) is 6.71 Å². The first-order valence-corrected chi connectivity index (χ1v) is 22.9. The molecule has 10 aliphatic carbocycles. The lowest BCUT2D eigenvalue weighted by Gasteiger charge is -2.67. The second-order valence-electron chi connectivity index (χ2n) is 21.0. The molecule has 10 fully saturated rings. The Balaban J connectivity index is 0.912. The zero-order chi connectivity index (χ0) is 38.5. The van der Waals surface area contributed by atoms with E-state index < -0.39 is 0 Å². The smallest absolute Gasteiger partial charge is 0.256 e. The van der Waals surface area contributed by atoms with Crippen molar-refractivity contribution in [2.24, 2.45) is 40.4 Å². The molecule has 0 amide bonds. The van der Waals surface area contributed by atoms with Crippen molar-refractivity contribution >= 4 is 57.2 Å². The van der Waals surface area contributed by atoms with Gasteiger partial charge in [0.25, 0.3) is 6.71 Å². The van der Waals surface area contributed by atoms with Crippen LogP contribution in [0, 0.1) is 40.4 Å². The fourth-order valence-electron chi connectivity index (χ4n) is 17.1. The zero-order valence-corrected chi connectivity index (χ0v) is 33.9. The van der Waals surface area contributed by atoms with Crippen molar-refractivity contribution in [2.75, 3.05) is 9.80 Å². The van der Waals surface area contributed by atoms with E-state index in [0.29, 0.717) is 21.7 Å². The Morgan fingerprint density at radius 2 is 1.22 bits per heavy atom. The fourth-order valence-corrected chi connectivity index (χ4v) is 17.1. The van der Waals surface area contributed by atoms with Crippen molar-refractivity contribution in [1.82, 2.24) is 0 Å². The number of ether oxygens (including phenoxy) is 1. The van der Waals surface area contributed by atoms with Crippen LogP contribution < -0.4 is 30.9 Å². The van der Waals surface area contributed by atoms with E-state index in [4.69, 9.17) is 4.74 Å². The second kappa shape index (κ2) is 10.7. The summed E-state index contributed by atoms with van der Waals surface area (Å²) in [5.41, 5.74) is 16.0. The Hall–Kier alpha value is -5.22. The van der Waals surface area contributed by atoms with Gasteiger partial charge in [0.1, 0.15) is 11.5 Å². The lowest BCUT2D eigenvalue weighted by atomic mass is 9.34. The summed E-state index contributed by atoms with van der Waals surface area (Å²) in [5.74, 6) is 6.62. The van der Waals surface area contributed by atoms with Crippen LogP contribution in [0.1, 0.15) is 75.8 Å². The van der Waals surface area contributed by atoms with E-state index >= 15 is 0 Å². The maximum atomic E-state index is 7.04. The predicted octanol–water partition coefficient (Wildman–Crippen LogP) is 11.7. The van der Waals surface area contributed by atoms with Gasteiger partial charge in [-0.1, -0.05) is 85.8 Å².